The number of amides is 1. The van der Waals surface area contributed by atoms with Crippen LogP contribution in [0.5, 0.6) is 0 Å². The summed E-state index contributed by atoms with van der Waals surface area (Å²) >= 11 is 1.70. The molecule has 6 heteroatoms. The summed E-state index contributed by atoms with van der Waals surface area (Å²) in [7, 11) is 0. The van der Waals surface area contributed by atoms with Crippen LogP contribution in [0, 0.1) is 11.8 Å². The Hall–Kier alpha value is -1.40. The Morgan fingerprint density at radius 1 is 1.25 bits per heavy atom. The molecule has 2 aliphatic rings. The number of carbonyl (C=O) groups is 2. The van der Waals surface area contributed by atoms with E-state index in [-0.39, 0.29) is 11.8 Å². The summed E-state index contributed by atoms with van der Waals surface area (Å²) in [6.07, 6.45) is 0.517. The van der Waals surface area contributed by atoms with Crippen LogP contribution in [0.1, 0.15) is 12.0 Å². The highest BCUT2D eigenvalue weighted by Crippen LogP contribution is 2.40. The third-order valence-electron chi connectivity index (χ3n) is 4.10. The molecule has 0 aromatic carbocycles. The molecule has 2 heterocycles. The number of hydrogen-bond donors (Lipinski definition) is 1. The lowest BCUT2D eigenvalue weighted by molar-refractivity contribution is -0.142. The fourth-order valence-corrected chi connectivity index (χ4v) is 3.40. The van der Waals surface area contributed by atoms with E-state index in [4.69, 9.17) is 5.11 Å². The van der Waals surface area contributed by atoms with Gasteiger partial charge in [-0.15, -0.1) is 0 Å². The number of carboxylic acids is 1. The first-order valence-electron chi connectivity index (χ1n) is 6.90. The average molecular weight is 294 g/mol. The van der Waals surface area contributed by atoms with Gasteiger partial charge in [-0.05, 0) is 28.8 Å². The Labute approximate surface area is 121 Å². The smallest absolute Gasteiger partial charge is 0.307 e. The minimum Gasteiger partial charge on any atom is -0.481 e. The van der Waals surface area contributed by atoms with E-state index in [1.807, 2.05) is 4.90 Å². The van der Waals surface area contributed by atoms with Crippen LogP contribution in [0.2, 0.25) is 0 Å². The average Bonchev–Trinajstić information content (AvgIpc) is 3.10. The molecule has 20 heavy (non-hydrogen) atoms. The molecule has 3 rings (SSSR count). The van der Waals surface area contributed by atoms with Crippen LogP contribution >= 0.6 is 11.3 Å². The van der Waals surface area contributed by atoms with Crippen molar-refractivity contribution in [3.05, 3.63) is 22.4 Å². The molecule has 1 N–H and O–H groups in total. The van der Waals surface area contributed by atoms with Crippen LogP contribution in [-0.4, -0.2) is 53.0 Å². The van der Waals surface area contributed by atoms with Gasteiger partial charge in [-0.25, -0.2) is 0 Å². The number of rotatable bonds is 4. The van der Waals surface area contributed by atoms with E-state index in [1.54, 1.807) is 11.3 Å². The zero-order chi connectivity index (χ0) is 14.1. The van der Waals surface area contributed by atoms with Gasteiger partial charge in [0.05, 0.1) is 11.8 Å². The molecule has 5 nitrogen and oxygen atoms in total. The highest BCUT2D eigenvalue weighted by Gasteiger charge is 2.49. The predicted molar refractivity (Wildman–Crippen MR) is 75.4 cm³/mol. The molecule has 1 aliphatic carbocycles. The van der Waals surface area contributed by atoms with E-state index in [0.717, 1.165) is 19.6 Å². The van der Waals surface area contributed by atoms with Gasteiger partial charge >= 0.3 is 5.97 Å². The lowest BCUT2D eigenvalue weighted by Gasteiger charge is -2.34. The number of thiophene rings is 1. The third-order valence-corrected chi connectivity index (χ3v) is 4.83. The van der Waals surface area contributed by atoms with Crippen LogP contribution < -0.4 is 0 Å². The molecule has 1 aromatic rings. The molecule has 2 fully saturated rings. The SMILES string of the molecule is O=C(O)C1CC1C(=O)N1CCN(Cc2ccsc2)CC1. The van der Waals surface area contributed by atoms with Crippen LogP contribution in [-0.2, 0) is 16.1 Å². The quantitative estimate of drug-likeness (QED) is 0.904. The number of aliphatic carboxylic acids is 1. The topological polar surface area (TPSA) is 60.9 Å². The van der Waals surface area contributed by atoms with Crippen molar-refractivity contribution in [2.24, 2.45) is 11.8 Å². The monoisotopic (exact) mass is 294 g/mol. The zero-order valence-electron chi connectivity index (χ0n) is 11.2. The Morgan fingerprint density at radius 3 is 2.55 bits per heavy atom. The lowest BCUT2D eigenvalue weighted by atomic mass is 10.2. The van der Waals surface area contributed by atoms with E-state index in [0.29, 0.717) is 19.5 Å². The number of carboxylic acid groups (broad SMARTS) is 1. The fraction of sp³-hybridized carbons (Fsp3) is 0.571. The molecular weight excluding hydrogens is 276 g/mol. The molecule has 0 bridgehead atoms. The largest absolute Gasteiger partial charge is 0.481 e. The first kappa shape index (κ1) is 13.6. The van der Waals surface area contributed by atoms with Crippen LogP contribution in [0.15, 0.2) is 16.8 Å². The maximum Gasteiger partial charge on any atom is 0.307 e. The highest BCUT2D eigenvalue weighted by molar-refractivity contribution is 7.07. The van der Waals surface area contributed by atoms with Gasteiger partial charge in [-0.2, -0.15) is 11.3 Å². The van der Waals surface area contributed by atoms with Crippen molar-refractivity contribution in [3.63, 3.8) is 0 Å². The maximum absolute atomic E-state index is 12.1. The van der Waals surface area contributed by atoms with Crippen molar-refractivity contribution in [1.29, 1.82) is 0 Å². The van der Waals surface area contributed by atoms with E-state index < -0.39 is 11.9 Å². The lowest BCUT2D eigenvalue weighted by Crippen LogP contribution is -2.49. The van der Waals surface area contributed by atoms with Gasteiger partial charge in [-0.3, -0.25) is 14.5 Å². The Bertz CT molecular complexity index is 495. The maximum atomic E-state index is 12.1. The minimum absolute atomic E-state index is 0.0348. The van der Waals surface area contributed by atoms with Crippen LogP contribution in [0.3, 0.4) is 0 Å². The minimum atomic E-state index is -0.834. The second kappa shape index (κ2) is 5.54. The first-order chi connectivity index (χ1) is 9.65. The van der Waals surface area contributed by atoms with Crippen molar-refractivity contribution < 1.29 is 14.7 Å². The molecule has 1 amide bonds. The van der Waals surface area contributed by atoms with E-state index >= 15 is 0 Å². The molecule has 1 saturated carbocycles. The Balaban J connectivity index is 1.47. The van der Waals surface area contributed by atoms with Crippen LogP contribution in [0.25, 0.3) is 0 Å². The van der Waals surface area contributed by atoms with Gasteiger partial charge in [0.2, 0.25) is 5.91 Å². The summed E-state index contributed by atoms with van der Waals surface area (Å²) in [6, 6.07) is 2.13. The first-order valence-corrected chi connectivity index (χ1v) is 7.84. The van der Waals surface area contributed by atoms with Crippen molar-refractivity contribution >= 4 is 23.2 Å². The number of piperazine rings is 1. The highest BCUT2D eigenvalue weighted by atomic mass is 32.1. The predicted octanol–water partition coefficient (Wildman–Crippen LogP) is 1.11. The summed E-state index contributed by atoms with van der Waals surface area (Å²) < 4.78 is 0. The van der Waals surface area contributed by atoms with Crippen molar-refractivity contribution in [3.8, 4) is 0 Å². The van der Waals surface area contributed by atoms with Gasteiger partial charge in [0.25, 0.3) is 0 Å². The summed E-state index contributed by atoms with van der Waals surface area (Å²) in [5, 5.41) is 13.1. The zero-order valence-corrected chi connectivity index (χ0v) is 12.0. The van der Waals surface area contributed by atoms with E-state index in [2.05, 4.69) is 21.7 Å². The standard InChI is InChI=1S/C14H18N2O3S/c17-13(11-7-12(11)14(18)19)16-4-2-15(3-5-16)8-10-1-6-20-9-10/h1,6,9,11-12H,2-5,7-8H2,(H,18,19). The van der Waals surface area contributed by atoms with Crippen molar-refractivity contribution in [1.82, 2.24) is 9.80 Å². The molecule has 2 unspecified atom stereocenters. The van der Waals surface area contributed by atoms with E-state index in [1.165, 1.54) is 5.56 Å². The van der Waals surface area contributed by atoms with Gasteiger partial charge < -0.3 is 10.0 Å². The second-order valence-corrected chi connectivity index (χ2v) is 6.30. The Kier molecular flexibility index (Phi) is 3.76. The molecule has 1 saturated heterocycles. The van der Waals surface area contributed by atoms with Gasteiger partial charge in [0.1, 0.15) is 0 Å². The molecule has 0 radical (unpaired) electrons. The van der Waals surface area contributed by atoms with Crippen molar-refractivity contribution in [2.45, 2.75) is 13.0 Å². The summed E-state index contributed by atoms with van der Waals surface area (Å²) in [5.41, 5.74) is 1.32. The number of nitrogens with zero attached hydrogens (tertiary/aromatic N) is 2. The molecule has 1 aromatic heterocycles. The fourth-order valence-electron chi connectivity index (χ4n) is 2.74. The van der Waals surface area contributed by atoms with Crippen molar-refractivity contribution in [2.75, 3.05) is 26.2 Å². The molecule has 0 spiro atoms. The Morgan fingerprint density at radius 2 is 2.00 bits per heavy atom. The second-order valence-electron chi connectivity index (χ2n) is 5.52. The number of carbonyl (C=O) groups excluding carboxylic acids is 1. The molecule has 2 atom stereocenters. The molecule has 108 valence electrons. The normalized spacial score (nSPS) is 26.5. The molecular formula is C14H18N2O3S. The van der Waals surface area contributed by atoms with Gasteiger partial charge in [0, 0.05) is 32.7 Å². The van der Waals surface area contributed by atoms with Gasteiger partial charge in [-0.1, -0.05) is 0 Å². The summed E-state index contributed by atoms with van der Waals surface area (Å²) in [6.45, 7) is 4.10. The summed E-state index contributed by atoms with van der Waals surface area (Å²) in [4.78, 5) is 27.1. The van der Waals surface area contributed by atoms with Crippen LogP contribution in [0.4, 0.5) is 0 Å². The van der Waals surface area contributed by atoms with E-state index in [9.17, 15) is 9.59 Å². The molecule has 1 aliphatic heterocycles. The van der Waals surface area contributed by atoms with Gasteiger partial charge in [0.15, 0.2) is 0 Å². The number of hydrogen-bond acceptors (Lipinski definition) is 4. The third kappa shape index (κ3) is 2.86. The summed E-state index contributed by atoms with van der Waals surface area (Å²) in [5.74, 6) is -1.51.